The molecule has 0 spiro atoms. The van der Waals surface area contributed by atoms with Crippen molar-refractivity contribution >= 4 is 39.0 Å². The van der Waals surface area contributed by atoms with E-state index in [1.54, 1.807) is 34.9 Å². The maximum atomic E-state index is 13.7. The molecule has 1 aliphatic heterocycles. The zero-order chi connectivity index (χ0) is 21.8. The number of aromatic nitrogens is 1. The zero-order valence-corrected chi connectivity index (χ0v) is 19.1. The van der Waals surface area contributed by atoms with Crippen LogP contribution in [0.25, 0.3) is 11.8 Å². The minimum atomic E-state index is -0.319. The molecule has 0 radical (unpaired) electrons. The van der Waals surface area contributed by atoms with Gasteiger partial charge >= 0.3 is 0 Å². The minimum Gasteiger partial charge on any atom is -0.450 e. The van der Waals surface area contributed by atoms with Gasteiger partial charge in [0.25, 0.3) is 5.56 Å². The van der Waals surface area contributed by atoms with Crippen molar-refractivity contribution < 1.29 is 8.81 Å². The molecule has 2 aliphatic rings. The Bertz CT molecular complexity index is 1580. The zero-order valence-electron chi connectivity index (χ0n) is 16.7. The summed E-state index contributed by atoms with van der Waals surface area (Å²) >= 11 is 4.64. The average molecular weight is 507 g/mol. The van der Waals surface area contributed by atoms with Crippen molar-refractivity contribution in [2.24, 2.45) is 4.99 Å². The van der Waals surface area contributed by atoms with Gasteiger partial charge in [-0.1, -0.05) is 47.7 Å². The van der Waals surface area contributed by atoms with E-state index in [0.29, 0.717) is 19.8 Å². The Hall–Kier alpha value is -3.03. The molecule has 2 aromatic heterocycles. The average Bonchev–Trinajstić information content (AvgIpc) is 3.35. The highest BCUT2D eigenvalue weighted by Crippen LogP contribution is 2.41. The molecule has 2 aromatic carbocycles. The third-order valence-corrected chi connectivity index (χ3v) is 7.34. The summed E-state index contributed by atoms with van der Waals surface area (Å²) in [6, 6.07) is 18.0. The monoisotopic (exact) mass is 506 g/mol. The van der Waals surface area contributed by atoms with Crippen molar-refractivity contribution in [2.75, 3.05) is 0 Å². The summed E-state index contributed by atoms with van der Waals surface area (Å²) in [5.74, 6) is 0.294. The molecule has 4 nitrogen and oxygen atoms in total. The second-order valence-corrected chi connectivity index (χ2v) is 9.60. The molecular formula is C25H16BrFN2O2S. The van der Waals surface area contributed by atoms with Crippen LogP contribution in [0.3, 0.4) is 0 Å². The summed E-state index contributed by atoms with van der Waals surface area (Å²) in [5, 5.41) is 0. The first-order chi connectivity index (χ1) is 15.6. The second-order valence-electron chi connectivity index (χ2n) is 7.81. The summed E-state index contributed by atoms with van der Waals surface area (Å²) in [5.41, 5.74) is 5.13. The SMILES string of the molecule is O=c1c(=Cc2ccc(Br)o2)sc2n1C(c1ccc(F)cc1)C1=C(N=2)c2ccccc2CC1. The quantitative estimate of drug-likeness (QED) is 0.391. The highest BCUT2D eigenvalue weighted by atomic mass is 79.9. The van der Waals surface area contributed by atoms with Gasteiger partial charge in [0.1, 0.15) is 11.6 Å². The number of furan rings is 1. The number of hydrogen-bond acceptors (Lipinski definition) is 4. The minimum absolute atomic E-state index is 0.124. The predicted molar refractivity (Wildman–Crippen MR) is 126 cm³/mol. The molecule has 32 heavy (non-hydrogen) atoms. The lowest BCUT2D eigenvalue weighted by atomic mass is 9.83. The lowest BCUT2D eigenvalue weighted by molar-refractivity contribution is 0.531. The Morgan fingerprint density at radius 2 is 1.91 bits per heavy atom. The van der Waals surface area contributed by atoms with Gasteiger partial charge in [-0.3, -0.25) is 9.36 Å². The molecule has 3 heterocycles. The molecule has 7 heteroatoms. The molecule has 0 saturated carbocycles. The topological polar surface area (TPSA) is 47.5 Å². The summed E-state index contributed by atoms with van der Waals surface area (Å²) in [4.78, 5) is 19.1. The van der Waals surface area contributed by atoms with Crippen LogP contribution in [0.2, 0.25) is 0 Å². The molecule has 1 unspecified atom stereocenters. The fourth-order valence-electron chi connectivity index (χ4n) is 4.50. The summed E-state index contributed by atoms with van der Waals surface area (Å²) in [6.45, 7) is 0. The number of rotatable bonds is 2. The largest absolute Gasteiger partial charge is 0.450 e. The summed E-state index contributed by atoms with van der Waals surface area (Å²) in [7, 11) is 0. The number of allylic oxidation sites excluding steroid dienone is 1. The Kier molecular flexibility index (Phi) is 4.62. The highest BCUT2D eigenvalue weighted by molar-refractivity contribution is 9.10. The van der Waals surface area contributed by atoms with E-state index in [4.69, 9.17) is 9.41 Å². The van der Waals surface area contributed by atoms with E-state index < -0.39 is 0 Å². The van der Waals surface area contributed by atoms with E-state index in [-0.39, 0.29) is 17.4 Å². The van der Waals surface area contributed by atoms with Crippen LogP contribution in [0, 0.1) is 5.82 Å². The molecular weight excluding hydrogens is 491 g/mol. The fourth-order valence-corrected chi connectivity index (χ4v) is 5.80. The van der Waals surface area contributed by atoms with Crippen LogP contribution in [0.15, 0.2) is 85.1 Å². The Labute approximate surface area is 194 Å². The van der Waals surface area contributed by atoms with Crippen LogP contribution in [-0.2, 0) is 6.42 Å². The maximum Gasteiger partial charge on any atom is 0.271 e. The van der Waals surface area contributed by atoms with Crippen molar-refractivity contribution in [1.29, 1.82) is 0 Å². The van der Waals surface area contributed by atoms with Gasteiger partial charge < -0.3 is 4.42 Å². The van der Waals surface area contributed by atoms with Crippen molar-refractivity contribution in [3.63, 3.8) is 0 Å². The lowest BCUT2D eigenvalue weighted by Gasteiger charge is -2.30. The first-order valence-corrected chi connectivity index (χ1v) is 11.8. The molecule has 6 rings (SSSR count). The van der Waals surface area contributed by atoms with Gasteiger partial charge in [-0.25, -0.2) is 9.38 Å². The molecule has 4 aromatic rings. The van der Waals surface area contributed by atoms with Crippen molar-refractivity contribution in [3.8, 4) is 0 Å². The second kappa shape index (κ2) is 7.53. The van der Waals surface area contributed by atoms with Crippen LogP contribution in [0.5, 0.6) is 0 Å². The van der Waals surface area contributed by atoms with E-state index in [2.05, 4.69) is 28.1 Å². The number of hydrogen-bond donors (Lipinski definition) is 0. The molecule has 1 aliphatic carbocycles. The van der Waals surface area contributed by atoms with Gasteiger partial charge in [0, 0.05) is 11.6 Å². The van der Waals surface area contributed by atoms with Crippen molar-refractivity contribution in [1.82, 2.24) is 4.57 Å². The molecule has 0 bridgehead atoms. The van der Waals surface area contributed by atoms with Gasteiger partial charge in [0.15, 0.2) is 9.47 Å². The number of benzene rings is 2. The van der Waals surface area contributed by atoms with Crippen molar-refractivity contribution in [3.05, 3.63) is 119 Å². The Balaban J connectivity index is 1.64. The summed E-state index contributed by atoms with van der Waals surface area (Å²) < 4.78 is 22.2. The fraction of sp³-hybridized carbons (Fsp3) is 0.120. The van der Waals surface area contributed by atoms with Gasteiger partial charge in [-0.2, -0.15) is 0 Å². The molecule has 158 valence electrons. The highest BCUT2D eigenvalue weighted by Gasteiger charge is 2.32. The number of nitrogens with zero attached hydrogens (tertiary/aromatic N) is 2. The van der Waals surface area contributed by atoms with E-state index in [0.717, 1.165) is 35.2 Å². The lowest BCUT2D eigenvalue weighted by Crippen LogP contribution is -2.38. The smallest absolute Gasteiger partial charge is 0.271 e. The van der Waals surface area contributed by atoms with E-state index >= 15 is 0 Å². The van der Waals surface area contributed by atoms with Gasteiger partial charge in [0.05, 0.1) is 16.3 Å². The van der Waals surface area contributed by atoms with Crippen LogP contribution in [-0.4, -0.2) is 4.57 Å². The van der Waals surface area contributed by atoms with Gasteiger partial charge in [-0.15, -0.1) is 0 Å². The summed E-state index contributed by atoms with van der Waals surface area (Å²) in [6.07, 6.45) is 3.42. The molecule has 1 atom stereocenters. The third-order valence-electron chi connectivity index (χ3n) is 5.93. The number of aryl methyl sites for hydroxylation is 1. The number of fused-ring (bicyclic) bond motifs is 3. The van der Waals surface area contributed by atoms with Crippen LogP contribution in [0.1, 0.15) is 34.9 Å². The van der Waals surface area contributed by atoms with Gasteiger partial charge in [0.2, 0.25) is 0 Å². The number of thiazole rings is 1. The molecule has 0 saturated heterocycles. The molecule has 0 N–H and O–H groups in total. The van der Waals surface area contributed by atoms with Gasteiger partial charge in [-0.05, 0) is 69.7 Å². The van der Waals surface area contributed by atoms with E-state index in [9.17, 15) is 9.18 Å². The van der Waals surface area contributed by atoms with Crippen LogP contribution >= 0.6 is 27.3 Å². The Morgan fingerprint density at radius 1 is 1.09 bits per heavy atom. The Morgan fingerprint density at radius 3 is 2.69 bits per heavy atom. The van der Waals surface area contributed by atoms with E-state index in [1.807, 2.05) is 12.1 Å². The predicted octanol–water partition coefficient (Wildman–Crippen LogP) is 4.81. The van der Waals surface area contributed by atoms with Crippen LogP contribution < -0.4 is 14.9 Å². The van der Waals surface area contributed by atoms with Crippen molar-refractivity contribution in [2.45, 2.75) is 18.9 Å². The maximum absolute atomic E-state index is 13.7. The molecule has 0 amide bonds. The first-order valence-electron chi connectivity index (χ1n) is 10.2. The normalized spacial score (nSPS) is 17.6. The molecule has 0 fully saturated rings. The third kappa shape index (κ3) is 3.15. The standard InChI is InChI=1S/C25H16BrFN2O2S/c26-21-12-10-17(31-21)13-20-24(30)29-23(15-5-8-16(27)9-6-15)19-11-7-14-3-1-2-4-18(14)22(19)28-25(29)32-20/h1-6,8-10,12-13,23H,7,11H2. The first kappa shape index (κ1) is 19.6. The number of halogens is 2. The van der Waals surface area contributed by atoms with Crippen LogP contribution in [0.4, 0.5) is 4.39 Å². The van der Waals surface area contributed by atoms with E-state index in [1.165, 1.54) is 29.0 Å².